The van der Waals surface area contributed by atoms with Crippen LogP contribution < -0.4 is 19.5 Å². The number of halogens is 3. The highest BCUT2D eigenvalue weighted by Gasteiger charge is 2.31. The normalized spacial score (nSPS) is 11.9. The molecule has 0 radical (unpaired) electrons. The van der Waals surface area contributed by atoms with E-state index in [4.69, 9.17) is 14.2 Å². The van der Waals surface area contributed by atoms with Gasteiger partial charge in [-0.2, -0.15) is 0 Å². The van der Waals surface area contributed by atoms with Crippen LogP contribution in [0.5, 0.6) is 17.2 Å². The van der Waals surface area contributed by atoms with Crippen LogP contribution in [-0.4, -0.2) is 38.1 Å². The molecule has 1 unspecified atom stereocenters. The first-order chi connectivity index (χ1) is 14.1. The quantitative estimate of drug-likeness (QED) is 0.637. The Hall–Kier alpha value is -3.43. The smallest absolute Gasteiger partial charge is 0.493 e. The SMILES string of the molecule is CCOc1ccc(C(=O)OC(C)C(=O)Nc2ccc(OC(F)(F)F)cc2)cc1OC. The highest BCUT2D eigenvalue weighted by Crippen LogP contribution is 2.28. The molecular weight excluding hydrogens is 407 g/mol. The summed E-state index contributed by atoms with van der Waals surface area (Å²) in [6.07, 6.45) is -5.97. The number of carbonyl (C=O) groups excluding carboxylic acids is 2. The summed E-state index contributed by atoms with van der Waals surface area (Å²) in [7, 11) is 1.42. The fourth-order valence-corrected chi connectivity index (χ4v) is 2.34. The number of anilines is 1. The van der Waals surface area contributed by atoms with Crippen molar-refractivity contribution in [3.63, 3.8) is 0 Å². The van der Waals surface area contributed by atoms with Crippen molar-refractivity contribution >= 4 is 17.6 Å². The summed E-state index contributed by atoms with van der Waals surface area (Å²) in [6.45, 7) is 3.58. The van der Waals surface area contributed by atoms with Gasteiger partial charge in [-0.3, -0.25) is 4.79 Å². The van der Waals surface area contributed by atoms with E-state index in [0.29, 0.717) is 18.1 Å². The Morgan fingerprint density at radius 1 is 1.07 bits per heavy atom. The molecule has 1 atom stereocenters. The number of alkyl halides is 3. The van der Waals surface area contributed by atoms with Gasteiger partial charge in [-0.05, 0) is 56.3 Å². The largest absolute Gasteiger partial charge is 0.573 e. The van der Waals surface area contributed by atoms with Gasteiger partial charge in [0.15, 0.2) is 17.6 Å². The Balaban J connectivity index is 1.97. The van der Waals surface area contributed by atoms with Crippen LogP contribution >= 0.6 is 0 Å². The van der Waals surface area contributed by atoms with Crippen molar-refractivity contribution in [2.45, 2.75) is 26.3 Å². The van der Waals surface area contributed by atoms with Gasteiger partial charge < -0.3 is 24.3 Å². The van der Waals surface area contributed by atoms with E-state index in [1.54, 1.807) is 13.0 Å². The Kier molecular flexibility index (Phi) is 7.51. The van der Waals surface area contributed by atoms with Crippen molar-refractivity contribution in [1.29, 1.82) is 0 Å². The molecule has 162 valence electrons. The van der Waals surface area contributed by atoms with Gasteiger partial charge >= 0.3 is 12.3 Å². The van der Waals surface area contributed by atoms with Crippen LogP contribution in [0.4, 0.5) is 18.9 Å². The fraction of sp³-hybridized carbons (Fsp3) is 0.300. The van der Waals surface area contributed by atoms with Crippen LogP contribution in [0.3, 0.4) is 0 Å². The first-order valence-electron chi connectivity index (χ1n) is 8.81. The van der Waals surface area contributed by atoms with Crippen molar-refractivity contribution in [2.24, 2.45) is 0 Å². The second kappa shape index (κ2) is 9.86. The number of amides is 1. The predicted octanol–water partition coefficient (Wildman–Crippen LogP) is 4.18. The molecule has 1 N–H and O–H groups in total. The van der Waals surface area contributed by atoms with E-state index in [2.05, 4.69) is 10.1 Å². The summed E-state index contributed by atoms with van der Waals surface area (Å²) < 4.78 is 55.9. The third-order valence-corrected chi connectivity index (χ3v) is 3.71. The van der Waals surface area contributed by atoms with E-state index in [9.17, 15) is 22.8 Å². The fourth-order valence-electron chi connectivity index (χ4n) is 2.34. The van der Waals surface area contributed by atoms with Crippen LogP contribution in [0.1, 0.15) is 24.2 Å². The standard InChI is InChI=1S/C20H20F3NO6/c1-4-28-16-10-5-13(11-17(16)27-3)19(26)29-12(2)18(25)24-14-6-8-15(9-7-14)30-20(21,22)23/h5-12H,4H2,1-3H3,(H,24,25). The molecule has 1 amide bonds. The molecule has 0 aliphatic rings. The maximum atomic E-state index is 12.3. The monoisotopic (exact) mass is 427 g/mol. The molecule has 0 aliphatic heterocycles. The maximum absolute atomic E-state index is 12.3. The maximum Gasteiger partial charge on any atom is 0.573 e. The van der Waals surface area contributed by atoms with Crippen LogP contribution in [0.25, 0.3) is 0 Å². The summed E-state index contributed by atoms with van der Waals surface area (Å²) in [5, 5.41) is 2.44. The average Bonchev–Trinajstić information content (AvgIpc) is 2.68. The molecule has 7 nitrogen and oxygen atoms in total. The van der Waals surface area contributed by atoms with Crippen LogP contribution in [0, 0.1) is 0 Å². The first kappa shape index (κ1) is 22.9. The molecule has 0 fully saturated rings. The van der Waals surface area contributed by atoms with E-state index in [1.807, 2.05) is 0 Å². The van der Waals surface area contributed by atoms with Crippen molar-refractivity contribution in [1.82, 2.24) is 0 Å². The molecular formula is C20H20F3NO6. The van der Waals surface area contributed by atoms with Crippen molar-refractivity contribution in [2.75, 3.05) is 19.0 Å². The lowest BCUT2D eigenvalue weighted by molar-refractivity contribution is -0.274. The molecule has 2 aromatic rings. The second-order valence-corrected chi connectivity index (χ2v) is 5.91. The molecule has 30 heavy (non-hydrogen) atoms. The van der Waals surface area contributed by atoms with E-state index in [1.165, 1.54) is 38.3 Å². The number of nitrogens with one attached hydrogen (secondary N) is 1. The molecule has 0 spiro atoms. The van der Waals surface area contributed by atoms with E-state index in [0.717, 1.165) is 12.1 Å². The second-order valence-electron chi connectivity index (χ2n) is 5.91. The van der Waals surface area contributed by atoms with Gasteiger partial charge in [-0.1, -0.05) is 0 Å². The summed E-state index contributed by atoms with van der Waals surface area (Å²) in [5.74, 6) is -1.05. The minimum absolute atomic E-state index is 0.156. The number of rotatable bonds is 8. The Bertz CT molecular complexity index is 883. The van der Waals surface area contributed by atoms with Gasteiger partial charge in [0.25, 0.3) is 5.91 Å². The van der Waals surface area contributed by atoms with E-state index < -0.39 is 30.1 Å². The highest BCUT2D eigenvalue weighted by molar-refractivity contribution is 5.97. The van der Waals surface area contributed by atoms with Crippen LogP contribution in [-0.2, 0) is 9.53 Å². The van der Waals surface area contributed by atoms with Crippen LogP contribution in [0.2, 0.25) is 0 Å². The van der Waals surface area contributed by atoms with E-state index >= 15 is 0 Å². The third kappa shape index (κ3) is 6.57. The summed E-state index contributed by atoms with van der Waals surface area (Å²) in [4.78, 5) is 24.5. The number of hydrogen-bond acceptors (Lipinski definition) is 6. The predicted molar refractivity (Wildman–Crippen MR) is 101 cm³/mol. The highest BCUT2D eigenvalue weighted by atomic mass is 19.4. The molecule has 0 heterocycles. The first-order valence-corrected chi connectivity index (χ1v) is 8.81. The van der Waals surface area contributed by atoms with Gasteiger partial charge in [0.2, 0.25) is 0 Å². The zero-order valence-corrected chi connectivity index (χ0v) is 16.4. The van der Waals surface area contributed by atoms with Gasteiger partial charge in [0, 0.05) is 5.69 Å². The Labute approximate surface area is 170 Å². The van der Waals surface area contributed by atoms with E-state index in [-0.39, 0.29) is 11.3 Å². The Morgan fingerprint density at radius 3 is 2.30 bits per heavy atom. The third-order valence-electron chi connectivity index (χ3n) is 3.71. The van der Waals surface area contributed by atoms with Gasteiger partial charge in [-0.15, -0.1) is 13.2 Å². The molecule has 0 saturated heterocycles. The van der Waals surface area contributed by atoms with Crippen molar-refractivity contribution in [3.8, 4) is 17.2 Å². The number of ether oxygens (including phenoxy) is 4. The summed E-state index contributed by atoms with van der Waals surface area (Å²) in [5.41, 5.74) is 0.365. The summed E-state index contributed by atoms with van der Waals surface area (Å²) >= 11 is 0. The lowest BCUT2D eigenvalue weighted by Crippen LogP contribution is -2.30. The minimum Gasteiger partial charge on any atom is -0.493 e. The molecule has 10 heteroatoms. The topological polar surface area (TPSA) is 83.1 Å². The number of carbonyl (C=O) groups is 2. The molecule has 2 aromatic carbocycles. The average molecular weight is 427 g/mol. The summed E-state index contributed by atoms with van der Waals surface area (Å²) in [6, 6.07) is 9.00. The lowest BCUT2D eigenvalue weighted by Gasteiger charge is -2.15. The lowest BCUT2D eigenvalue weighted by atomic mass is 10.2. The van der Waals surface area contributed by atoms with Gasteiger partial charge in [0.1, 0.15) is 5.75 Å². The number of esters is 1. The molecule has 2 rings (SSSR count). The zero-order chi connectivity index (χ0) is 22.3. The molecule has 0 saturated carbocycles. The molecule has 0 aliphatic carbocycles. The van der Waals surface area contributed by atoms with Gasteiger partial charge in [0.05, 0.1) is 19.3 Å². The number of hydrogen-bond donors (Lipinski definition) is 1. The minimum atomic E-state index is -4.81. The molecule has 0 bridgehead atoms. The van der Waals surface area contributed by atoms with Crippen molar-refractivity contribution < 1.29 is 41.7 Å². The van der Waals surface area contributed by atoms with Gasteiger partial charge in [-0.25, -0.2) is 4.79 Å². The number of benzene rings is 2. The Morgan fingerprint density at radius 2 is 1.73 bits per heavy atom. The zero-order valence-electron chi connectivity index (χ0n) is 16.4. The number of methoxy groups -OCH3 is 1. The molecule has 0 aromatic heterocycles. The van der Waals surface area contributed by atoms with Crippen LogP contribution in [0.15, 0.2) is 42.5 Å². The van der Waals surface area contributed by atoms with Crippen molar-refractivity contribution in [3.05, 3.63) is 48.0 Å².